The van der Waals surface area contributed by atoms with Gasteiger partial charge in [-0.3, -0.25) is 4.98 Å². The first-order chi connectivity index (χ1) is 9.16. The fraction of sp³-hybridized carbons (Fsp3) is 0.222. The molecule has 0 amide bonds. The fourth-order valence-corrected chi connectivity index (χ4v) is 2.55. The van der Waals surface area contributed by atoms with Crippen LogP contribution in [0.25, 0.3) is 22.0 Å². The summed E-state index contributed by atoms with van der Waals surface area (Å²) in [4.78, 5) is 4.48. The van der Waals surface area contributed by atoms with Crippen LogP contribution in [0.5, 0.6) is 0 Å². The second kappa shape index (κ2) is 8.91. The van der Waals surface area contributed by atoms with Gasteiger partial charge in [0.05, 0.1) is 5.69 Å². The van der Waals surface area contributed by atoms with Gasteiger partial charge in [-0.2, -0.15) is 6.07 Å². The summed E-state index contributed by atoms with van der Waals surface area (Å²) in [5, 5.41) is 2.68. The van der Waals surface area contributed by atoms with Crippen LogP contribution in [0.2, 0.25) is 0 Å². The van der Waals surface area contributed by atoms with Crippen LogP contribution in [-0.2, 0) is 26.2 Å². The molecular weight excluding hydrogens is 392 g/mol. The molecule has 0 atom stereocenters. The van der Waals surface area contributed by atoms with Crippen molar-refractivity contribution in [1.82, 2.24) is 4.98 Å². The monoisotopic (exact) mass is 408 g/mol. The maximum Gasteiger partial charge on any atom is 3.00 e. The third-order valence-corrected chi connectivity index (χ3v) is 3.73. The number of benzene rings is 1. The van der Waals surface area contributed by atoms with Crippen molar-refractivity contribution in [3.8, 4) is 11.3 Å². The minimum atomic E-state index is 0. The number of pyridine rings is 1. The molecular formula is C18H18Cl2NZr. The minimum absolute atomic E-state index is 0. The van der Waals surface area contributed by atoms with E-state index < -0.39 is 0 Å². The Morgan fingerprint density at radius 1 is 1.05 bits per heavy atom. The molecule has 0 bridgehead atoms. The first-order valence-corrected chi connectivity index (χ1v) is 6.78. The molecule has 113 valence electrons. The summed E-state index contributed by atoms with van der Waals surface area (Å²) in [6.07, 6.45) is 1.85. The fourth-order valence-electron chi connectivity index (χ4n) is 2.55. The molecule has 0 spiro atoms. The molecule has 0 saturated heterocycles. The summed E-state index contributed by atoms with van der Waals surface area (Å²) in [7, 11) is 0. The Labute approximate surface area is 163 Å². The molecule has 0 unspecified atom stereocenters. The number of rotatable bonds is 2. The smallest absolute Gasteiger partial charge is 1.00 e. The number of fused-ring (bicyclic) bond motifs is 1. The molecule has 1 heterocycles. The van der Waals surface area contributed by atoms with E-state index in [1.54, 1.807) is 0 Å². The number of halogens is 2. The van der Waals surface area contributed by atoms with Crippen LogP contribution in [0, 0.1) is 6.92 Å². The SMILES string of the molecule is Cc1ccc(-c2ccccn2)c2cc(C(C)C)[cH-]c12.[Cl-].[Cl-].[Zr+3]. The van der Waals surface area contributed by atoms with Gasteiger partial charge in [0.15, 0.2) is 0 Å². The van der Waals surface area contributed by atoms with Crippen molar-refractivity contribution in [2.24, 2.45) is 0 Å². The normalized spacial score (nSPS) is 9.82. The molecule has 2 aromatic carbocycles. The molecule has 3 rings (SSSR count). The van der Waals surface area contributed by atoms with E-state index in [1.165, 1.54) is 27.5 Å². The van der Waals surface area contributed by atoms with Crippen molar-refractivity contribution < 1.29 is 51.0 Å². The van der Waals surface area contributed by atoms with Gasteiger partial charge in [0, 0.05) is 6.20 Å². The summed E-state index contributed by atoms with van der Waals surface area (Å²) >= 11 is 0. The average Bonchev–Trinajstić information content (AvgIpc) is 2.86. The van der Waals surface area contributed by atoms with Crippen LogP contribution in [-0.4, -0.2) is 4.98 Å². The minimum Gasteiger partial charge on any atom is -1.00 e. The summed E-state index contributed by atoms with van der Waals surface area (Å²) in [5.74, 6) is 0.559. The topological polar surface area (TPSA) is 12.9 Å². The number of nitrogens with zero attached hydrogens (tertiary/aromatic N) is 1. The zero-order valence-corrected chi connectivity index (χ0v) is 16.9. The Bertz CT molecular complexity index is 721. The molecule has 1 nitrogen and oxygen atoms in total. The first-order valence-electron chi connectivity index (χ1n) is 6.78. The van der Waals surface area contributed by atoms with Gasteiger partial charge >= 0.3 is 26.2 Å². The third kappa shape index (κ3) is 4.04. The molecule has 0 N–H and O–H groups in total. The van der Waals surface area contributed by atoms with Crippen molar-refractivity contribution in [3.63, 3.8) is 0 Å². The first kappa shape index (κ1) is 21.4. The van der Waals surface area contributed by atoms with Gasteiger partial charge in [0.1, 0.15) is 0 Å². The van der Waals surface area contributed by atoms with Gasteiger partial charge in [-0.25, -0.2) is 0 Å². The number of hydrogen-bond donors (Lipinski definition) is 0. The second-order valence-electron chi connectivity index (χ2n) is 5.42. The van der Waals surface area contributed by atoms with E-state index in [-0.39, 0.29) is 51.0 Å². The molecule has 1 aromatic heterocycles. The predicted octanol–water partition coefficient (Wildman–Crippen LogP) is -0.942. The zero-order valence-electron chi connectivity index (χ0n) is 12.9. The van der Waals surface area contributed by atoms with Crippen molar-refractivity contribution >= 4 is 10.8 Å². The summed E-state index contributed by atoms with van der Waals surface area (Å²) in [6, 6.07) is 15.1. The molecule has 0 saturated carbocycles. The number of hydrogen-bond acceptors (Lipinski definition) is 1. The molecule has 1 radical (unpaired) electrons. The van der Waals surface area contributed by atoms with E-state index in [0.717, 1.165) is 5.69 Å². The van der Waals surface area contributed by atoms with Crippen LogP contribution in [0.1, 0.15) is 30.9 Å². The van der Waals surface area contributed by atoms with Crippen molar-refractivity contribution in [3.05, 3.63) is 59.8 Å². The Kier molecular flexibility index (Phi) is 8.69. The molecule has 4 heteroatoms. The van der Waals surface area contributed by atoms with Crippen LogP contribution >= 0.6 is 0 Å². The maximum atomic E-state index is 4.48. The van der Waals surface area contributed by atoms with Crippen molar-refractivity contribution in [2.75, 3.05) is 0 Å². The summed E-state index contributed by atoms with van der Waals surface area (Å²) in [5.41, 5.74) is 5.02. The molecule has 0 aliphatic heterocycles. The Morgan fingerprint density at radius 2 is 1.77 bits per heavy atom. The Balaban J connectivity index is 0.00000147. The van der Waals surface area contributed by atoms with Crippen LogP contribution in [0.4, 0.5) is 0 Å². The Morgan fingerprint density at radius 3 is 2.36 bits per heavy atom. The van der Waals surface area contributed by atoms with Crippen LogP contribution < -0.4 is 24.8 Å². The molecule has 0 aliphatic rings. The van der Waals surface area contributed by atoms with Gasteiger partial charge in [-0.1, -0.05) is 32.9 Å². The van der Waals surface area contributed by atoms with Gasteiger partial charge < -0.3 is 24.8 Å². The molecule has 0 fully saturated rings. The van der Waals surface area contributed by atoms with E-state index in [2.05, 4.69) is 56.1 Å². The number of aryl methyl sites for hydroxylation is 1. The van der Waals surface area contributed by atoms with Crippen LogP contribution in [0.3, 0.4) is 0 Å². The van der Waals surface area contributed by atoms with E-state index in [0.29, 0.717) is 5.92 Å². The van der Waals surface area contributed by atoms with Crippen molar-refractivity contribution in [1.29, 1.82) is 0 Å². The Hall–Kier alpha value is -0.557. The van der Waals surface area contributed by atoms with Crippen LogP contribution in [0.15, 0.2) is 48.7 Å². The average molecular weight is 410 g/mol. The van der Waals surface area contributed by atoms with Gasteiger partial charge in [-0.05, 0) is 23.6 Å². The quantitative estimate of drug-likeness (QED) is 0.497. The van der Waals surface area contributed by atoms with E-state index in [9.17, 15) is 0 Å². The summed E-state index contributed by atoms with van der Waals surface area (Å²) < 4.78 is 0. The standard InChI is InChI=1S/C18H18N.2ClH.Zr/c1-12(2)14-10-16-13(3)7-8-15(17(16)11-14)18-6-4-5-9-19-18;;;/h4-12H,1-3H3;2*1H;/q-1;;;+3/p-2. The van der Waals surface area contributed by atoms with Gasteiger partial charge in [-0.15, -0.1) is 34.0 Å². The molecule has 0 aliphatic carbocycles. The largest absolute Gasteiger partial charge is 3.00 e. The van der Waals surface area contributed by atoms with E-state index in [1.807, 2.05) is 18.3 Å². The number of aromatic nitrogens is 1. The molecule has 22 heavy (non-hydrogen) atoms. The van der Waals surface area contributed by atoms with E-state index >= 15 is 0 Å². The van der Waals surface area contributed by atoms with E-state index in [4.69, 9.17) is 0 Å². The maximum absolute atomic E-state index is 4.48. The van der Waals surface area contributed by atoms with Crippen molar-refractivity contribution in [2.45, 2.75) is 26.7 Å². The molecule has 3 aromatic rings. The van der Waals surface area contributed by atoms with Gasteiger partial charge in [0.2, 0.25) is 0 Å². The van der Waals surface area contributed by atoms with Gasteiger partial charge in [0.25, 0.3) is 0 Å². The zero-order chi connectivity index (χ0) is 13.4. The predicted molar refractivity (Wildman–Crippen MR) is 81.6 cm³/mol. The second-order valence-corrected chi connectivity index (χ2v) is 5.42. The summed E-state index contributed by atoms with van der Waals surface area (Å²) in [6.45, 7) is 6.66. The third-order valence-electron chi connectivity index (χ3n) is 3.73.